The molecule has 0 aromatic heterocycles. The first kappa shape index (κ1) is 21.2. The van der Waals surface area contributed by atoms with E-state index in [1.54, 1.807) is 18.2 Å². The third-order valence-electron chi connectivity index (χ3n) is 3.68. The Balaban J connectivity index is 2.10. The molecule has 2 aromatic rings. The van der Waals surface area contributed by atoms with Crippen LogP contribution in [-0.2, 0) is 10.0 Å². The van der Waals surface area contributed by atoms with Crippen LogP contribution in [0, 0.1) is 11.3 Å². The highest BCUT2D eigenvalue weighted by molar-refractivity contribution is 7.89. The van der Waals surface area contributed by atoms with Gasteiger partial charge in [-0.2, -0.15) is 5.26 Å². The standard InChI is InChI=1S/C19H21N3O5S/c1-3-27-17-10-7-15(13-18(17)26-2)22-19(23)14-5-8-16(9-6-14)28(24,25)21-12-4-11-20/h5-10,13,21H,3-4,12H2,1-2H3,(H,22,23). The molecule has 0 spiro atoms. The number of methoxy groups -OCH3 is 1. The lowest BCUT2D eigenvalue weighted by molar-refractivity contribution is 0.102. The molecule has 0 aliphatic heterocycles. The lowest BCUT2D eigenvalue weighted by Gasteiger charge is -2.12. The second-order valence-corrected chi connectivity index (χ2v) is 7.35. The van der Waals surface area contributed by atoms with Crippen molar-refractivity contribution in [2.75, 3.05) is 25.6 Å². The normalized spacial score (nSPS) is 10.8. The summed E-state index contributed by atoms with van der Waals surface area (Å²) in [5.41, 5.74) is 0.809. The Hall–Kier alpha value is -3.09. The third kappa shape index (κ3) is 5.45. The van der Waals surface area contributed by atoms with Gasteiger partial charge in [0, 0.05) is 30.3 Å². The number of hydrogen-bond acceptors (Lipinski definition) is 6. The Bertz CT molecular complexity index is 966. The van der Waals surface area contributed by atoms with Gasteiger partial charge < -0.3 is 14.8 Å². The minimum Gasteiger partial charge on any atom is -0.493 e. The largest absolute Gasteiger partial charge is 0.493 e. The molecular formula is C19H21N3O5S. The zero-order valence-electron chi connectivity index (χ0n) is 15.6. The van der Waals surface area contributed by atoms with Crippen LogP contribution in [-0.4, -0.2) is 34.6 Å². The number of hydrogen-bond donors (Lipinski definition) is 2. The number of anilines is 1. The summed E-state index contributed by atoms with van der Waals surface area (Å²) in [6, 6.07) is 12.4. The van der Waals surface area contributed by atoms with Gasteiger partial charge in [-0.1, -0.05) is 0 Å². The molecule has 0 aliphatic carbocycles. The zero-order valence-corrected chi connectivity index (χ0v) is 16.4. The summed E-state index contributed by atoms with van der Waals surface area (Å²) in [7, 11) is -2.21. The summed E-state index contributed by atoms with van der Waals surface area (Å²) in [5, 5.41) is 11.2. The first-order valence-corrected chi connectivity index (χ1v) is 9.98. The number of nitrogens with zero attached hydrogens (tertiary/aromatic N) is 1. The predicted molar refractivity (Wildman–Crippen MR) is 104 cm³/mol. The highest BCUT2D eigenvalue weighted by Gasteiger charge is 2.15. The predicted octanol–water partition coefficient (Wildman–Crippen LogP) is 2.54. The maximum Gasteiger partial charge on any atom is 0.255 e. The number of carbonyl (C=O) groups excluding carboxylic acids is 1. The zero-order chi connectivity index (χ0) is 20.6. The van der Waals surface area contributed by atoms with Crippen LogP contribution in [0.4, 0.5) is 5.69 Å². The quantitative estimate of drug-likeness (QED) is 0.621. The van der Waals surface area contributed by atoms with Crippen LogP contribution in [0.15, 0.2) is 47.4 Å². The highest BCUT2D eigenvalue weighted by atomic mass is 32.2. The van der Waals surface area contributed by atoms with Crippen molar-refractivity contribution in [3.8, 4) is 17.6 Å². The summed E-state index contributed by atoms with van der Waals surface area (Å²) in [4.78, 5) is 12.4. The highest BCUT2D eigenvalue weighted by Crippen LogP contribution is 2.30. The summed E-state index contributed by atoms with van der Waals surface area (Å²) in [6.45, 7) is 2.38. The van der Waals surface area contributed by atoms with Gasteiger partial charge in [-0.25, -0.2) is 13.1 Å². The first-order chi connectivity index (χ1) is 13.4. The fourth-order valence-electron chi connectivity index (χ4n) is 2.33. The average Bonchev–Trinajstić information content (AvgIpc) is 2.69. The monoisotopic (exact) mass is 403 g/mol. The van der Waals surface area contributed by atoms with Gasteiger partial charge in [-0.05, 0) is 43.3 Å². The lowest BCUT2D eigenvalue weighted by atomic mass is 10.2. The van der Waals surface area contributed by atoms with Crippen molar-refractivity contribution in [3.63, 3.8) is 0 Å². The molecule has 148 valence electrons. The molecule has 1 amide bonds. The molecular weight excluding hydrogens is 382 g/mol. The molecule has 0 atom stereocenters. The van der Waals surface area contributed by atoms with Crippen molar-refractivity contribution in [1.82, 2.24) is 4.72 Å². The molecule has 2 rings (SSSR count). The van der Waals surface area contributed by atoms with Crippen LogP contribution in [0.3, 0.4) is 0 Å². The molecule has 0 saturated carbocycles. The second kappa shape index (κ2) is 9.73. The Morgan fingerprint density at radius 3 is 2.46 bits per heavy atom. The van der Waals surface area contributed by atoms with E-state index in [9.17, 15) is 13.2 Å². The number of amides is 1. The van der Waals surface area contributed by atoms with E-state index in [0.29, 0.717) is 29.4 Å². The number of carbonyl (C=O) groups is 1. The Morgan fingerprint density at radius 2 is 1.86 bits per heavy atom. The Labute approximate surface area is 164 Å². The van der Waals surface area contributed by atoms with E-state index in [4.69, 9.17) is 14.7 Å². The molecule has 28 heavy (non-hydrogen) atoms. The summed E-state index contributed by atoms with van der Waals surface area (Å²) in [6.07, 6.45) is 0.0747. The van der Waals surface area contributed by atoms with Crippen LogP contribution in [0.2, 0.25) is 0 Å². The average molecular weight is 403 g/mol. The van der Waals surface area contributed by atoms with E-state index in [1.165, 1.54) is 31.4 Å². The van der Waals surface area contributed by atoms with Gasteiger partial charge in [0.05, 0.1) is 24.7 Å². The fraction of sp³-hybridized carbons (Fsp3) is 0.263. The lowest BCUT2D eigenvalue weighted by Crippen LogP contribution is -2.24. The summed E-state index contributed by atoms with van der Waals surface area (Å²) >= 11 is 0. The minimum absolute atomic E-state index is 0.0183. The molecule has 0 saturated heterocycles. The van der Waals surface area contributed by atoms with Crippen LogP contribution >= 0.6 is 0 Å². The maximum absolute atomic E-state index is 12.4. The number of nitrogens with one attached hydrogen (secondary N) is 2. The molecule has 0 bridgehead atoms. The van der Waals surface area contributed by atoms with Crippen molar-refractivity contribution in [1.29, 1.82) is 5.26 Å². The van der Waals surface area contributed by atoms with Gasteiger partial charge in [-0.3, -0.25) is 4.79 Å². The smallest absolute Gasteiger partial charge is 0.255 e. The molecule has 0 unspecified atom stereocenters. The van der Waals surface area contributed by atoms with Crippen LogP contribution < -0.4 is 19.5 Å². The molecule has 9 heteroatoms. The van der Waals surface area contributed by atoms with Crippen LogP contribution in [0.1, 0.15) is 23.7 Å². The Kier molecular flexibility index (Phi) is 7.37. The van der Waals surface area contributed by atoms with Crippen molar-refractivity contribution in [2.45, 2.75) is 18.2 Å². The van der Waals surface area contributed by atoms with Crippen LogP contribution in [0.25, 0.3) is 0 Å². The van der Waals surface area contributed by atoms with Crippen molar-refractivity contribution in [2.24, 2.45) is 0 Å². The van der Waals surface area contributed by atoms with Gasteiger partial charge in [0.2, 0.25) is 10.0 Å². The van der Waals surface area contributed by atoms with Gasteiger partial charge in [0.1, 0.15) is 0 Å². The van der Waals surface area contributed by atoms with E-state index < -0.39 is 15.9 Å². The number of rotatable bonds is 9. The van der Waals surface area contributed by atoms with Gasteiger partial charge in [-0.15, -0.1) is 0 Å². The van der Waals surface area contributed by atoms with E-state index in [0.717, 1.165) is 0 Å². The van der Waals surface area contributed by atoms with E-state index >= 15 is 0 Å². The summed E-state index contributed by atoms with van der Waals surface area (Å²) < 4.78 is 37.2. The van der Waals surface area contributed by atoms with Gasteiger partial charge in [0.25, 0.3) is 5.91 Å². The second-order valence-electron chi connectivity index (χ2n) is 5.58. The molecule has 0 fully saturated rings. The molecule has 0 radical (unpaired) electrons. The minimum atomic E-state index is -3.72. The van der Waals surface area contributed by atoms with Crippen molar-refractivity contribution in [3.05, 3.63) is 48.0 Å². The van der Waals surface area contributed by atoms with Crippen LogP contribution in [0.5, 0.6) is 11.5 Å². The van der Waals surface area contributed by atoms with E-state index in [1.807, 2.05) is 13.0 Å². The summed E-state index contributed by atoms with van der Waals surface area (Å²) in [5.74, 6) is 0.665. The third-order valence-corrected chi connectivity index (χ3v) is 5.15. The number of sulfonamides is 1. The molecule has 0 heterocycles. The first-order valence-electron chi connectivity index (χ1n) is 8.50. The molecule has 8 nitrogen and oxygen atoms in total. The Morgan fingerprint density at radius 1 is 1.14 bits per heavy atom. The van der Waals surface area contributed by atoms with E-state index in [2.05, 4.69) is 10.0 Å². The number of nitriles is 1. The maximum atomic E-state index is 12.4. The SMILES string of the molecule is CCOc1ccc(NC(=O)c2ccc(S(=O)(=O)NCCC#N)cc2)cc1OC. The van der Waals surface area contributed by atoms with Gasteiger partial charge >= 0.3 is 0 Å². The molecule has 0 aliphatic rings. The topological polar surface area (TPSA) is 118 Å². The van der Waals surface area contributed by atoms with Gasteiger partial charge in [0.15, 0.2) is 11.5 Å². The molecule has 2 aromatic carbocycles. The fourth-order valence-corrected chi connectivity index (χ4v) is 3.37. The van der Waals surface area contributed by atoms with Crippen molar-refractivity contribution < 1.29 is 22.7 Å². The number of benzene rings is 2. The van der Waals surface area contributed by atoms with Crippen molar-refractivity contribution >= 4 is 21.6 Å². The van der Waals surface area contributed by atoms with E-state index in [-0.39, 0.29) is 17.9 Å². The molecule has 2 N–H and O–H groups in total. The number of ether oxygens (including phenoxy) is 2.